The van der Waals surface area contributed by atoms with E-state index in [0.717, 1.165) is 56.8 Å². The lowest BCUT2D eigenvalue weighted by molar-refractivity contribution is 0.477. The van der Waals surface area contributed by atoms with Crippen LogP contribution in [0.1, 0.15) is 0 Å². The van der Waals surface area contributed by atoms with Crippen molar-refractivity contribution in [3.63, 3.8) is 0 Å². The molecule has 0 atom stereocenters. The van der Waals surface area contributed by atoms with E-state index in [-0.39, 0.29) is 0 Å². The number of ether oxygens (including phenoxy) is 1. The van der Waals surface area contributed by atoms with E-state index in [0.29, 0.717) is 0 Å². The van der Waals surface area contributed by atoms with Crippen LogP contribution in [0.4, 0.5) is 34.1 Å². The third kappa shape index (κ3) is 4.75. The van der Waals surface area contributed by atoms with Gasteiger partial charge in [-0.05, 0) is 84.9 Å². The largest absolute Gasteiger partial charge is 0.453 e. The Hall–Kier alpha value is -6.82. The molecule has 3 heterocycles. The predicted octanol–water partition coefficient (Wildman–Crippen LogP) is 14.2. The lowest BCUT2D eigenvalue weighted by Gasteiger charge is -2.34. The second-order valence-electron chi connectivity index (χ2n) is 13.4. The van der Waals surface area contributed by atoms with Crippen LogP contribution in [-0.4, -0.2) is 4.57 Å². The number of nitrogens with zero attached hydrogens (tertiary/aromatic N) is 3. The Morgan fingerprint density at radius 3 is 1.92 bits per heavy atom. The summed E-state index contributed by atoms with van der Waals surface area (Å²) in [4.78, 5) is 4.66. The Morgan fingerprint density at radius 1 is 0.396 bits per heavy atom. The first kappa shape index (κ1) is 29.9. The highest BCUT2D eigenvalue weighted by atomic mass is 32.1. The SMILES string of the molecule is c1ccc(N(c2ccc3c(c2)Oc2ccccc2N3c2ccc3c(c2)sc2ccccc23)c2ccc3c4ccccc4n(-c4ccccc4)c3c2)cc1. The van der Waals surface area contributed by atoms with Crippen LogP contribution in [0.15, 0.2) is 188 Å². The third-order valence-corrected chi connectivity index (χ3v) is 11.5. The minimum absolute atomic E-state index is 0.804. The summed E-state index contributed by atoms with van der Waals surface area (Å²) in [5, 5.41) is 5.04. The molecule has 0 saturated carbocycles. The van der Waals surface area contributed by atoms with Gasteiger partial charge in [-0.3, -0.25) is 0 Å². The molecule has 0 aliphatic carbocycles. The first-order chi connectivity index (χ1) is 26.3. The minimum Gasteiger partial charge on any atom is -0.453 e. The molecule has 0 unspecified atom stereocenters. The van der Waals surface area contributed by atoms with Gasteiger partial charge in [-0.15, -0.1) is 11.3 Å². The maximum absolute atomic E-state index is 6.74. The molecule has 4 nitrogen and oxygen atoms in total. The molecule has 10 aromatic rings. The molecule has 5 heteroatoms. The molecule has 53 heavy (non-hydrogen) atoms. The zero-order valence-corrected chi connectivity index (χ0v) is 29.4. The number of thiophene rings is 1. The predicted molar refractivity (Wildman–Crippen MR) is 223 cm³/mol. The van der Waals surface area contributed by atoms with Gasteiger partial charge in [0, 0.05) is 65.4 Å². The van der Waals surface area contributed by atoms with E-state index < -0.39 is 0 Å². The van der Waals surface area contributed by atoms with Crippen LogP contribution in [0.5, 0.6) is 11.5 Å². The zero-order valence-electron chi connectivity index (χ0n) is 28.6. The van der Waals surface area contributed by atoms with Crippen molar-refractivity contribution in [3.05, 3.63) is 188 Å². The summed E-state index contributed by atoms with van der Waals surface area (Å²) in [6.07, 6.45) is 0. The molecule has 0 radical (unpaired) electrons. The second kappa shape index (κ2) is 11.9. The van der Waals surface area contributed by atoms with Gasteiger partial charge in [0.15, 0.2) is 11.5 Å². The highest BCUT2D eigenvalue weighted by Gasteiger charge is 2.28. The maximum Gasteiger partial charge on any atom is 0.153 e. The van der Waals surface area contributed by atoms with Crippen LogP contribution in [0, 0.1) is 0 Å². The number of rotatable bonds is 5. The van der Waals surface area contributed by atoms with Crippen molar-refractivity contribution in [1.82, 2.24) is 4.57 Å². The van der Waals surface area contributed by atoms with Gasteiger partial charge < -0.3 is 19.1 Å². The van der Waals surface area contributed by atoms with Crippen molar-refractivity contribution in [1.29, 1.82) is 0 Å². The average molecular weight is 698 g/mol. The monoisotopic (exact) mass is 697 g/mol. The van der Waals surface area contributed by atoms with Gasteiger partial charge >= 0.3 is 0 Å². The molecule has 0 saturated heterocycles. The van der Waals surface area contributed by atoms with E-state index in [2.05, 4.69) is 196 Å². The van der Waals surface area contributed by atoms with Crippen LogP contribution < -0.4 is 14.5 Å². The van der Waals surface area contributed by atoms with Gasteiger partial charge in [0.25, 0.3) is 0 Å². The van der Waals surface area contributed by atoms with Crippen LogP contribution in [-0.2, 0) is 0 Å². The van der Waals surface area contributed by atoms with Gasteiger partial charge in [-0.25, -0.2) is 0 Å². The lowest BCUT2D eigenvalue weighted by Crippen LogP contribution is -2.17. The molecule has 1 aliphatic heterocycles. The van der Waals surface area contributed by atoms with Crippen molar-refractivity contribution in [2.75, 3.05) is 9.80 Å². The topological polar surface area (TPSA) is 20.6 Å². The lowest BCUT2D eigenvalue weighted by atomic mass is 10.1. The Morgan fingerprint density at radius 2 is 1.04 bits per heavy atom. The molecular formula is C48H31N3OS. The summed E-state index contributed by atoms with van der Waals surface area (Å²) < 4.78 is 11.7. The van der Waals surface area contributed by atoms with Crippen molar-refractivity contribution in [2.45, 2.75) is 0 Å². The van der Waals surface area contributed by atoms with Crippen molar-refractivity contribution in [3.8, 4) is 17.2 Å². The quantitative estimate of drug-likeness (QED) is 0.179. The van der Waals surface area contributed by atoms with E-state index in [1.807, 2.05) is 17.4 Å². The van der Waals surface area contributed by atoms with Gasteiger partial charge in [0.1, 0.15) is 0 Å². The third-order valence-electron chi connectivity index (χ3n) is 10.3. The van der Waals surface area contributed by atoms with Crippen molar-refractivity contribution < 1.29 is 4.74 Å². The van der Waals surface area contributed by atoms with Crippen molar-refractivity contribution >= 4 is 87.4 Å². The maximum atomic E-state index is 6.74. The number of anilines is 6. The summed E-state index contributed by atoms with van der Waals surface area (Å²) in [5.41, 5.74) is 9.74. The Kier molecular flexibility index (Phi) is 6.69. The van der Waals surface area contributed by atoms with Gasteiger partial charge in [0.2, 0.25) is 0 Å². The number of hydrogen-bond donors (Lipinski definition) is 0. The van der Waals surface area contributed by atoms with E-state index in [1.54, 1.807) is 0 Å². The molecule has 0 N–H and O–H groups in total. The van der Waals surface area contributed by atoms with Gasteiger partial charge in [0.05, 0.1) is 22.4 Å². The average Bonchev–Trinajstić information content (AvgIpc) is 3.76. The summed E-state index contributed by atoms with van der Waals surface area (Å²) in [6.45, 7) is 0. The molecule has 0 amide bonds. The first-order valence-corrected chi connectivity index (χ1v) is 18.7. The molecule has 8 aromatic carbocycles. The normalized spacial score (nSPS) is 12.3. The highest BCUT2D eigenvalue weighted by molar-refractivity contribution is 7.25. The summed E-state index contributed by atoms with van der Waals surface area (Å²) >= 11 is 1.84. The number of benzene rings is 8. The molecule has 0 fully saturated rings. The molecule has 0 spiro atoms. The number of para-hydroxylation sites is 5. The smallest absolute Gasteiger partial charge is 0.153 e. The molecular weight excluding hydrogens is 667 g/mol. The first-order valence-electron chi connectivity index (χ1n) is 17.8. The van der Waals surface area contributed by atoms with Gasteiger partial charge in [-0.1, -0.05) is 97.1 Å². The Labute approximate surface area is 310 Å². The number of fused-ring (bicyclic) bond motifs is 8. The van der Waals surface area contributed by atoms with Crippen LogP contribution >= 0.6 is 11.3 Å². The Bertz CT molecular complexity index is 3000. The fourth-order valence-electron chi connectivity index (χ4n) is 7.99. The van der Waals surface area contributed by atoms with Crippen LogP contribution in [0.2, 0.25) is 0 Å². The minimum atomic E-state index is 0.804. The van der Waals surface area contributed by atoms with E-state index in [1.165, 1.54) is 36.5 Å². The second-order valence-corrected chi connectivity index (χ2v) is 14.5. The molecule has 1 aliphatic rings. The van der Waals surface area contributed by atoms with Crippen LogP contribution in [0.25, 0.3) is 47.7 Å². The summed E-state index contributed by atoms with van der Waals surface area (Å²) in [7, 11) is 0. The van der Waals surface area contributed by atoms with E-state index in [9.17, 15) is 0 Å². The van der Waals surface area contributed by atoms with Gasteiger partial charge in [-0.2, -0.15) is 0 Å². The molecule has 2 aromatic heterocycles. The number of aromatic nitrogens is 1. The zero-order chi connectivity index (χ0) is 34.9. The van der Waals surface area contributed by atoms with Crippen molar-refractivity contribution in [2.24, 2.45) is 0 Å². The molecule has 0 bridgehead atoms. The van der Waals surface area contributed by atoms with E-state index in [4.69, 9.17) is 4.74 Å². The standard InChI is InChI=1S/C48H31N3OS/c1-3-13-32(14-4-1)49(34-23-26-38-37-17-7-9-19-41(37)50(44(38)29-34)33-15-5-2-6-16-33)35-25-28-43-46(30-35)52-45-21-11-10-20-42(45)51(43)36-24-27-40-39-18-8-12-22-47(39)53-48(40)31-36/h1-31H. The molecule has 11 rings (SSSR count). The number of hydrogen-bond acceptors (Lipinski definition) is 4. The fourth-order valence-corrected chi connectivity index (χ4v) is 9.13. The molecule has 250 valence electrons. The van der Waals surface area contributed by atoms with Crippen LogP contribution in [0.3, 0.4) is 0 Å². The van der Waals surface area contributed by atoms with E-state index >= 15 is 0 Å². The summed E-state index contributed by atoms with van der Waals surface area (Å²) in [5.74, 6) is 1.63. The summed E-state index contributed by atoms with van der Waals surface area (Å²) in [6, 6.07) is 67.1. The Balaban J connectivity index is 1.08. The highest BCUT2D eigenvalue weighted by Crippen LogP contribution is 2.53. The fraction of sp³-hybridized carbons (Fsp3) is 0.